The topological polar surface area (TPSA) is 86.4 Å². The van der Waals surface area contributed by atoms with Crippen molar-refractivity contribution in [3.05, 3.63) is 82.4 Å². The molecule has 1 aliphatic heterocycles. The van der Waals surface area contributed by atoms with E-state index in [0.29, 0.717) is 30.6 Å². The normalized spacial score (nSPS) is 15.2. The number of nitrogens with zero attached hydrogens (tertiary/aromatic N) is 2. The molecule has 1 saturated heterocycles. The van der Waals surface area contributed by atoms with Crippen LogP contribution in [0.4, 0.5) is 13.9 Å². The number of hydrogen-bond acceptors (Lipinski definition) is 6. The minimum absolute atomic E-state index is 0.208. The summed E-state index contributed by atoms with van der Waals surface area (Å²) in [5, 5.41) is 9.56. The Balaban J connectivity index is 1.21. The van der Waals surface area contributed by atoms with Crippen LogP contribution in [0.2, 0.25) is 0 Å². The van der Waals surface area contributed by atoms with Crippen molar-refractivity contribution in [2.75, 3.05) is 18.4 Å². The summed E-state index contributed by atoms with van der Waals surface area (Å²) in [5.74, 6) is -2.34. The van der Waals surface area contributed by atoms with Gasteiger partial charge in [0.25, 0.3) is 0 Å². The Hall–Kier alpha value is -3.21. The molecular weight excluding hydrogens is 520 g/mol. The number of hydrogen-bond donors (Lipinski definition) is 3. The molecule has 10 heteroatoms. The number of likely N-dealkylation sites (tertiary alicyclic amines) is 1. The molecule has 0 aliphatic carbocycles. The van der Waals surface area contributed by atoms with Crippen molar-refractivity contribution in [2.45, 2.75) is 64.2 Å². The maximum atomic E-state index is 13.4. The quantitative estimate of drug-likeness (QED) is 0.303. The number of carbonyl (C=O) groups is 2. The molecule has 1 aromatic heterocycles. The number of carbonyl (C=O) groups excluding carboxylic acids is 2. The van der Waals surface area contributed by atoms with Crippen LogP contribution in [0.15, 0.2) is 54.7 Å². The standard InChI is InChI=1S/C29H35F2N5O2S/c1-2-6-26(34-27(37)15-21-13-22(30)16-23(31)14-21)28(38)35-29-33-18-25(39-29)17-32-24-9-11-36(12-10-24)19-20-7-4-3-5-8-20/h3-5,7-8,13-14,16,18,24,26,32H,2,6,9-12,15,17,19H2,1H3,(H,34,37)(H,33,35,38)/t26-/m0/s1. The maximum absolute atomic E-state index is 13.4. The molecule has 0 unspecified atom stereocenters. The van der Waals surface area contributed by atoms with E-state index in [1.165, 1.54) is 16.9 Å². The van der Waals surface area contributed by atoms with E-state index >= 15 is 0 Å². The lowest BCUT2D eigenvalue weighted by atomic mass is 10.0. The Morgan fingerprint density at radius 1 is 1.08 bits per heavy atom. The number of piperidine rings is 1. The molecule has 0 saturated carbocycles. The van der Waals surface area contributed by atoms with E-state index in [4.69, 9.17) is 0 Å². The van der Waals surface area contributed by atoms with E-state index in [1.807, 2.05) is 13.0 Å². The van der Waals surface area contributed by atoms with Crippen LogP contribution in [-0.2, 0) is 29.1 Å². The van der Waals surface area contributed by atoms with Gasteiger partial charge in [0.1, 0.15) is 17.7 Å². The average Bonchev–Trinajstić information content (AvgIpc) is 3.35. The third kappa shape index (κ3) is 9.19. The molecule has 39 heavy (non-hydrogen) atoms. The van der Waals surface area contributed by atoms with Gasteiger partial charge in [-0.2, -0.15) is 0 Å². The van der Waals surface area contributed by atoms with Gasteiger partial charge in [0, 0.05) is 36.3 Å². The molecule has 1 atom stereocenters. The second kappa shape index (κ2) is 14.3. The van der Waals surface area contributed by atoms with Gasteiger partial charge in [-0.3, -0.25) is 14.5 Å². The summed E-state index contributed by atoms with van der Waals surface area (Å²) < 4.78 is 26.9. The average molecular weight is 556 g/mol. The number of amides is 2. The van der Waals surface area contributed by atoms with Crippen molar-refractivity contribution in [1.82, 2.24) is 20.5 Å². The summed E-state index contributed by atoms with van der Waals surface area (Å²) in [5.41, 5.74) is 1.55. The monoisotopic (exact) mass is 555 g/mol. The highest BCUT2D eigenvalue weighted by molar-refractivity contribution is 7.15. The lowest BCUT2D eigenvalue weighted by Crippen LogP contribution is -2.44. The van der Waals surface area contributed by atoms with Gasteiger partial charge in [-0.15, -0.1) is 11.3 Å². The molecule has 1 aliphatic rings. The molecule has 3 N–H and O–H groups in total. The molecule has 1 fully saturated rings. The Morgan fingerprint density at radius 2 is 1.79 bits per heavy atom. The van der Waals surface area contributed by atoms with Gasteiger partial charge < -0.3 is 16.0 Å². The van der Waals surface area contributed by atoms with Crippen LogP contribution in [0.1, 0.15) is 48.6 Å². The summed E-state index contributed by atoms with van der Waals surface area (Å²) in [6.07, 6.45) is 4.79. The first-order chi connectivity index (χ1) is 18.9. The minimum atomic E-state index is -0.771. The van der Waals surface area contributed by atoms with Gasteiger partial charge in [-0.25, -0.2) is 13.8 Å². The molecule has 7 nitrogen and oxygen atoms in total. The number of thiazole rings is 1. The Labute approximate surface area is 232 Å². The van der Waals surface area contributed by atoms with Crippen molar-refractivity contribution in [2.24, 2.45) is 0 Å². The molecule has 2 aromatic carbocycles. The van der Waals surface area contributed by atoms with E-state index in [2.05, 4.69) is 50.1 Å². The van der Waals surface area contributed by atoms with E-state index in [1.54, 1.807) is 6.20 Å². The van der Waals surface area contributed by atoms with Crippen LogP contribution in [0.25, 0.3) is 0 Å². The van der Waals surface area contributed by atoms with Crippen molar-refractivity contribution < 1.29 is 18.4 Å². The number of benzene rings is 2. The van der Waals surface area contributed by atoms with Crippen LogP contribution < -0.4 is 16.0 Å². The molecule has 0 bridgehead atoms. The summed E-state index contributed by atoms with van der Waals surface area (Å²) in [6, 6.07) is 13.2. The Kier molecular flexibility index (Phi) is 10.5. The van der Waals surface area contributed by atoms with Crippen LogP contribution in [0, 0.1) is 11.6 Å². The highest BCUT2D eigenvalue weighted by Crippen LogP contribution is 2.20. The SMILES string of the molecule is CCC[C@H](NC(=O)Cc1cc(F)cc(F)c1)C(=O)Nc1ncc(CNC2CCN(Cc3ccccc3)CC2)s1. The highest BCUT2D eigenvalue weighted by atomic mass is 32.1. The first kappa shape index (κ1) is 28.8. The number of nitrogens with one attached hydrogen (secondary N) is 3. The molecule has 0 radical (unpaired) electrons. The van der Waals surface area contributed by atoms with Gasteiger partial charge >= 0.3 is 0 Å². The second-order valence-electron chi connectivity index (χ2n) is 9.90. The fourth-order valence-corrected chi connectivity index (χ4v) is 5.49. The van der Waals surface area contributed by atoms with Gasteiger partial charge in [0.2, 0.25) is 11.8 Å². The van der Waals surface area contributed by atoms with Crippen LogP contribution in [0.3, 0.4) is 0 Å². The maximum Gasteiger partial charge on any atom is 0.248 e. The fraction of sp³-hybridized carbons (Fsp3) is 0.414. The van der Waals surface area contributed by atoms with Crippen molar-refractivity contribution in [3.63, 3.8) is 0 Å². The van der Waals surface area contributed by atoms with Crippen molar-refractivity contribution in [1.29, 1.82) is 0 Å². The van der Waals surface area contributed by atoms with Gasteiger partial charge in [-0.1, -0.05) is 43.7 Å². The number of halogens is 2. The smallest absolute Gasteiger partial charge is 0.248 e. The van der Waals surface area contributed by atoms with Gasteiger partial charge in [0.15, 0.2) is 5.13 Å². The molecule has 208 valence electrons. The van der Waals surface area contributed by atoms with Crippen molar-refractivity contribution >= 4 is 28.3 Å². The zero-order valence-electron chi connectivity index (χ0n) is 22.1. The molecular formula is C29H35F2N5O2S. The molecule has 0 spiro atoms. The first-order valence-corrected chi connectivity index (χ1v) is 14.2. The largest absolute Gasteiger partial charge is 0.344 e. The van der Waals surface area contributed by atoms with Crippen molar-refractivity contribution in [3.8, 4) is 0 Å². The summed E-state index contributed by atoms with van der Waals surface area (Å²) in [7, 11) is 0. The Morgan fingerprint density at radius 3 is 2.49 bits per heavy atom. The zero-order valence-corrected chi connectivity index (χ0v) is 22.9. The lowest BCUT2D eigenvalue weighted by molar-refractivity contribution is -0.126. The molecule has 3 aromatic rings. The molecule has 4 rings (SSSR count). The van der Waals surface area contributed by atoms with E-state index < -0.39 is 23.6 Å². The number of aromatic nitrogens is 1. The molecule has 2 amide bonds. The summed E-state index contributed by atoms with van der Waals surface area (Å²) in [6.45, 7) is 5.67. The van der Waals surface area contributed by atoms with Crippen LogP contribution in [-0.4, -0.2) is 46.9 Å². The van der Waals surface area contributed by atoms with E-state index in [9.17, 15) is 18.4 Å². The highest BCUT2D eigenvalue weighted by Gasteiger charge is 2.22. The molecule has 2 heterocycles. The minimum Gasteiger partial charge on any atom is -0.344 e. The lowest BCUT2D eigenvalue weighted by Gasteiger charge is -2.32. The number of anilines is 1. The van der Waals surface area contributed by atoms with E-state index in [-0.39, 0.29) is 17.9 Å². The zero-order chi connectivity index (χ0) is 27.6. The van der Waals surface area contributed by atoms with Crippen LogP contribution >= 0.6 is 11.3 Å². The third-order valence-electron chi connectivity index (χ3n) is 6.70. The van der Waals surface area contributed by atoms with Gasteiger partial charge in [-0.05, 0) is 55.6 Å². The number of rotatable bonds is 12. The van der Waals surface area contributed by atoms with Crippen LogP contribution in [0.5, 0.6) is 0 Å². The van der Waals surface area contributed by atoms with E-state index in [0.717, 1.165) is 55.6 Å². The predicted octanol–water partition coefficient (Wildman–Crippen LogP) is 4.64. The third-order valence-corrected chi connectivity index (χ3v) is 7.61. The predicted molar refractivity (Wildman–Crippen MR) is 149 cm³/mol. The summed E-state index contributed by atoms with van der Waals surface area (Å²) in [4.78, 5) is 33.2. The Bertz CT molecular complexity index is 1210. The fourth-order valence-electron chi connectivity index (χ4n) is 4.72. The van der Waals surface area contributed by atoms with Gasteiger partial charge in [0.05, 0.1) is 6.42 Å². The second-order valence-corrected chi connectivity index (χ2v) is 11.0. The first-order valence-electron chi connectivity index (χ1n) is 13.4. The summed E-state index contributed by atoms with van der Waals surface area (Å²) >= 11 is 1.40.